The minimum atomic E-state index is -3.21. The Hall–Kier alpha value is -1.15. The Morgan fingerprint density at radius 1 is 1.08 bits per heavy atom. The van der Waals surface area contributed by atoms with E-state index in [1.165, 1.54) is 4.31 Å². The third-order valence-electron chi connectivity index (χ3n) is 6.17. The number of hydrogen-bond acceptors (Lipinski definition) is 4. The Kier molecular flexibility index (Phi) is 5.91. The summed E-state index contributed by atoms with van der Waals surface area (Å²) in [5.41, 5.74) is 0. The molecule has 3 rings (SSSR count). The van der Waals surface area contributed by atoms with Crippen LogP contribution in [0.3, 0.4) is 0 Å². The molecule has 0 spiro atoms. The van der Waals surface area contributed by atoms with Gasteiger partial charge in [0, 0.05) is 32.1 Å². The van der Waals surface area contributed by atoms with E-state index in [0.29, 0.717) is 51.4 Å². The van der Waals surface area contributed by atoms with Crippen molar-refractivity contribution in [2.45, 2.75) is 45.4 Å². The highest BCUT2D eigenvalue weighted by Crippen LogP contribution is 2.44. The fraction of sp³-hybridized carbons (Fsp3) is 0.889. The van der Waals surface area contributed by atoms with Crippen LogP contribution in [0.15, 0.2) is 0 Å². The van der Waals surface area contributed by atoms with Crippen LogP contribution in [0.1, 0.15) is 45.4 Å². The molecule has 0 aromatic heterocycles. The highest BCUT2D eigenvalue weighted by atomic mass is 32.2. The molecule has 1 aliphatic carbocycles. The molecule has 3 aliphatic rings. The predicted octanol–water partition coefficient (Wildman–Crippen LogP) is 1.40. The van der Waals surface area contributed by atoms with Crippen LogP contribution in [0.5, 0.6) is 0 Å². The standard InChI is InChI=1S/C18H30N2O5S/c1-2-3-10-26(24,25)20-8-6-14(7-9-20)17(21)19-11-15(13-4-5-13)16(12-19)18(22)23/h13-16H,2-12H2,1H3,(H,22,23)/t15-,16+/m1/s1. The third kappa shape index (κ3) is 4.22. The minimum Gasteiger partial charge on any atom is -0.481 e. The molecule has 0 unspecified atom stereocenters. The van der Waals surface area contributed by atoms with Gasteiger partial charge >= 0.3 is 5.97 Å². The molecule has 0 bridgehead atoms. The molecule has 1 N–H and O–H groups in total. The Bertz CT molecular complexity index is 638. The summed E-state index contributed by atoms with van der Waals surface area (Å²) in [5.74, 6) is -0.678. The molecule has 0 radical (unpaired) electrons. The zero-order valence-corrected chi connectivity index (χ0v) is 16.3. The maximum Gasteiger partial charge on any atom is 0.308 e. The third-order valence-corrected chi connectivity index (χ3v) is 8.13. The highest BCUT2D eigenvalue weighted by molar-refractivity contribution is 7.89. The van der Waals surface area contributed by atoms with E-state index in [1.807, 2.05) is 6.92 Å². The number of unbranched alkanes of at least 4 members (excludes halogenated alkanes) is 1. The zero-order chi connectivity index (χ0) is 18.9. The van der Waals surface area contributed by atoms with Crippen molar-refractivity contribution < 1.29 is 23.1 Å². The molecule has 2 atom stereocenters. The number of carbonyl (C=O) groups is 2. The average molecular weight is 387 g/mol. The van der Waals surface area contributed by atoms with Gasteiger partial charge in [-0.2, -0.15) is 0 Å². The van der Waals surface area contributed by atoms with Gasteiger partial charge in [-0.15, -0.1) is 0 Å². The molecule has 26 heavy (non-hydrogen) atoms. The largest absolute Gasteiger partial charge is 0.481 e. The molecule has 8 heteroatoms. The van der Waals surface area contributed by atoms with Gasteiger partial charge in [-0.1, -0.05) is 13.3 Å². The van der Waals surface area contributed by atoms with Gasteiger partial charge in [0.1, 0.15) is 0 Å². The molecule has 0 aromatic carbocycles. The van der Waals surface area contributed by atoms with E-state index in [-0.39, 0.29) is 23.5 Å². The van der Waals surface area contributed by atoms with E-state index in [2.05, 4.69) is 0 Å². The number of carbonyl (C=O) groups excluding carboxylic acids is 1. The Morgan fingerprint density at radius 2 is 1.73 bits per heavy atom. The molecule has 1 amide bonds. The van der Waals surface area contributed by atoms with Crippen LogP contribution >= 0.6 is 0 Å². The molecule has 1 saturated carbocycles. The van der Waals surface area contributed by atoms with Crippen LogP contribution in [0.25, 0.3) is 0 Å². The summed E-state index contributed by atoms with van der Waals surface area (Å²) in [7, 11) is -3.21. The summed E-state index contributed by atoms with van der Waals surface area (Å²) in [6.45, 7) is 3.62. The molecule has 148 valence electrons. The van der Waals surface area contributed by atoms with Crippen molar-refractivity contribution >= 4 is 21.9 Å². The van der Waals surface area contributed by atoms with Crippen molar-refractivity contribution in [3.05, 3.63) is 0 Å². The Balaban J connectivity index is 1.55. The lowest BCUT2D eigenvalue weighted by Crippen LogP contribution is -2.44. The van der Waals surface area contributed by atoms with Crippen molar-refractivity contribution in [3.63, 3.8) is 0 Å². The van der Waals surface area contributed by atoms with Crippen LogP contribution in [0.2, 0.25) is 0 Å². The van der Waals surface area contributed by atoms with Crippen molar-refractivity contribution in [1.82, 2.24) is 9.21 Å². The first-order chi connectivity index (χ1) is 12.3. The number of hydrogen-bond donors (Lipinski definition) is 1. The van der Waals surface area contributed by atoms with Gasteiger partial charge in [0.15, 0.2) is 0 Å². The number of piperidine rings is 1. The molecule has 0 aromatic rings. The minimum absolute atomic E-state index is 0.0185. The second-order valence-corrected chi connectivity index (χ2v) is 10.1. The lowest BCUT2D eigenvalue weighted by atomic mass is 9.92. The molecular formula is C18H30N2O5S. The lowest BCUT2D eigenvalue weighted by Gasteiger charge is -2.32. The van der Waals surface area contributed by atoms with E-state index < -0.39 is 21.9 Å². The Morgan fingerprint density at radius 3 is 2.27 bits per heavy atom. The maximum absolute atomic E-state index is 12.9. The van der Waals surface area contributed by atoms with Gasteiger partial charge in [-0.25, -0.2) is 12.7 Å². The molecule has 2 aliphatic heterocycles. The first-order valence-corrected chi connectivity index (χ1v) is 11.4. The molecule has 7 nitrogen and oxygen atoms in total. The number of likely N-dealkylation sites (tertiary alicyclic amines) is 1. The van der Waals surface area contributed by atoms with Gasteiger partial charge in [0.2, 0.25) is 15.9 Å². The number of nitrogens with zero attached hydrogens (tertiary/aromatic N) is 2. The average Bonchev–Trinajstić information content (AvgIpc) is 3.37. The molecule has 2 saturated heterocycles. The van der Waals surface area contributed by atoms with Gasteiger partial charge in [0.05, 0.1) is 11.7 Å². The first-order valence-electron chi connectivity index (χ1n) is 9.83. The summed E-state index contributed by atoms with van der Waals surface area (Å²) >= 11 is 0. The number of amides is 1. The van der Waals surface area contributed by atoms with Crippen LogP contribution in [0.4, 0.5) is 0 Å². The smallest absolute Gasteiger partial charge is 0.308 e. The van der Waals surface area contributed by atoms with Crippen molar-refractivity contribution in [2.75, 3.05) is 31.9 Å². The first kappa shape index (κ1) is 19.6. The van der Waals surface area contributed by atoms with Crippen LogP contribution in [-0.4, -0.2) is 66.5 Å². The summed E-state index contributed by atoms with van der Waals surface area (Å²) < 4.78 is 26.1. The molecule has 2 heterocycles. The summed E-state index contributed by atoms with van der Waals surface area (Å²) in [4.78, 5) is 26.1. The van der Waals surface area contributed by atoms with Crippen molar-refractivity contribution in [2.24, 2.45) is 23.7 Å². The van der Waals surface area contributed by atoms with Gasteiger partial charge < -0.3 is 10.0 Å². The topological polar surface area (TPSA) is 95.0 Å². The second kappa shape index (κ2) is 7.84. The van der Waals surface area contributed by atoms with E-state index >= 15 is 0 Å². The monoisotopic (exact) mass is 386 g/mol. The van der Waals surface area contributed by atoms with Gasteiger partial charge in [-0.3, -0.25) is 9.59 Å². The van der Waals surface area contributed by atoms with Crippen LogP contribution < -0.4 is 0 Å². The summed E-state index contributed by atoms with van der Waals surface area (Å²) in [6, 6.07) is 0. The highest BCUT2D eigenvalue weighted by Gasteiger charge is 2.47. The van der Waals surface area contributed by atoms with E-state index in [0.717, 1.165) is 19.3 Å². The van der Waals surface area contributed by atoms with Crippen LogP contribution in [-0.2, 0) is 19.6 Å². The quantitative estimate of drug-likeness (QED) is 0.714. The number of aliphatic carboxylic acids is 1. The number of sulfonamides is 1. The number of rotatable bonds is 7. The number of carboxylic acid groups (broad SMARTS) is 1. The van der Waals surface area contributed by atoms with E-state index in [1.54, 1.807) is 4.90 Å². The zero-order valence-electron chi connectivity index (χ0n) is 15.5. The molecular weight excluding hydrogens is 356 g/mol. The van der Waals surface area contributed by atoms with Gasteiger partial charge in [0.25, 0.3) is 0 Å². The lowest BCUT2D eigenvalue weighted by molar-refractivity contribution is -0.143. The van der Waals surface area contributed by atoms with Crippen molar-refractivity contribution in [1.29, 1.82) is 0 Å². The summed E-state index contributed by atoms with van der Waals surface area (Å²) in [5, 5.41) is 9.45. The fourth-order valence-electron chi connectivity index (χ4n) is 4.37. The Labute approximate surface area is 155 Å². The SMILES string of the molecule is CCCCS(=O)(=O)N1CCC(C(=O)N2C[C@H](C(=O)O)[C@@H](C3CC3)C2)CC1. The van der Waals surface area contributed by atoms with Crippen LogP contribution in [0, 0.1) is 23.7 Å². The fourth-order valence-corrected chi connectivity index (χ4v) is 6.05. The summed E-state index contributed by atoms with van der Waals surface area (Å²) in [6.07, 6.45) is 4.72. The van der Waals surface area contributed by atoms with E-state index in [4.69, 9.17) is 0 Å². The molecule has 3 fully saturated rings. The predicted molar refractivity (Wildman–Crippen MR) is 96.9 cm³/mol. The normalized spacial score (nSPS) is 28.4. The van der Waals surface area contributed by atoms with Gasteiger partial charge in [-0.05, 0) is 43.9 Å². The van der Waals surface area contributed by atoms with Crippen molar-refractivity contribution in [3.8, 4) is 0 Å². The maximum atomic E-state index is 12.9. The second-order valence-electron chi connectivity index (χ2n) is 8.03. The number of carboxylic acids is 1. The van der Waals surface area contributed by atoms with E-state index in [9.17, 15) is 23.1 Å².